The molecule has 3 rings (SSSR count). The van der Waals surface area contributed by atoms with Crippen molar-refractivity contribution in [2.45, 2.75) is 56.1 Å². The van der Waals surface area contributed by atoms with E-state index in [0.29, 0.717) is 18.9 Å². The Kier molecular flexibility index (Phi) is 5.77. The van der Waals surface area contributed by atoms with Gasteiger partial charge in [-0.2, -0.15) is 4.31 Å². The second kappa shape index (κ2) is 7.58. The zero-order valence-corrected chi connectivity index (χ0v) is 16.9. The fourth-order valence-corrected chi connectivity index (χ4v) is 7.11. The van der Waals surface area contributed by atoms with E-state index in [1.54, 1.807) is 12.1 Å². The lowest BCUT2D eigenvalue weighted by molar-refractivity contribution is 0.0877. The van der Waals surface area contributed by atoms with E-state index in [2.05, 4.69) is 13.8 Å². The molecule has 2 atom stereocenters. The third-order valence-corrected chi connectivity index (χ3v) is 8.86. The highest BCUT2D eigenvalue weighted by Crippen LogP contribution is 2.28. The lowest BCUT2D eigenvalue weighted by Gasteiger charge is -2.29. The predicted octanol–water partition coefficient (Wildman–Crippen LogP) is 2.17. The van der Waals surface area contributed by atoms with Gasteiger partial charge in [0.05, 0.1) is 22.5 Å². The van der Waals surface area contributed by atoms with E-state index < -0.39 is 25.9 Å². The summed E-state index contributed by atoms with van der Waals surface area (Å²) in [6.45, 7) is 4.95. The van der Waals surface area contributed by atoms with Crippen LogP contribution in [-0.2, 0) is 24.6 Å². The number of hydrogen-bond acceptors (Lipinski definition) is 5. The minimum Gasteiger partial charge on any atom is -0.377 e. The maximum Gasteiger partial charge on any atom is 0.243 e. The smallest absolute Gasteiger partial charge is 0.243 e. The summed E-state index contributed by atoms with van der Waals surface area (Å²) in [7, 11) is -6.96. The first-order valence-electron chi connectivity index (χ1n) is 9.13. The molecule has 2 saturated heterocycles. The molecule has 2 aliphatic rings. The SMILES string of the molecule is CC(C)c1ccc(S(=O)(=O)N(C[C@H]2CCCO2)[C@H]2CCS(=O)(=O)C2)cc1. The fraction of sp³-hybridized carbons (Fsp3) is 0.667. The number of rotatable bonds is 6. The molecule has 6 nitrogen and oxygen atoms in total. The third kappa shape index (κ3) is 4.30. The third-order valence-electron chi connectivity index (χ3n) is 5.18. The monoisotopic (exact) mass is 401 g/mol. The molecule has 0 aliphatic carbocycles. The predicted molar refractivity (Wildman–Crippen MR) is 100 cm³/mol. The minimum atomic E-state index is -3.78. The lowest BCUT2D eigenvalue weighted by Crippen LogP contribution is -2.45. The minimum absolute atomic E-state index is 0.0432. The molecule has 0 N–H and O–H groups in total. The van der Waals surface area contributed by atoms with Crippen LogP contribution in [-0.4, -0.2) is 57.9 Å². The van der Waals surface area contributed by atoms with Gasteiger partial charge in [0.2, 0.25) is 10.0 Å². The zero-order chi connectivity index (χ0) is 18.9. The molecule has 0 aromatic heterocycles. The normalized spacial score (nSPS) is 26.0. The molecular formula is C18H27NO5S2. The van der Waals surface area contributed by atoms with E-state index in [1.165, 1.54) is 4.31 Å². The summed E-state index contributed by atoms with van der Waals surface area (Å²) in [5, 5.41) is 0. The Morgan fingerprint density at radius 1 is 1.19 bits per heavy atom. The van der Waals surface area contributed by atoms with E-state index in [9.17, 15) is 16.8 Å². The first-order valence-corrected chi connectivity index (χ1v) is 12.4. The Morgan fingerprint density at radius 3 is 2.38 bits per heavy atom. The van der Waals surface area contributed by atoms with Crippen LogP contribution < -0.4 is 0 Å². The largest absolute Gasteiger partial charge is 0.377 e. The molecule has 0 radical (unpaired) electrons. The van der Waals surface area contributed by atoms with E-state index >= 15 is 0 Å². The summed E-state index contributed by atoms with van der Waals surface area (Å²) in [6.07, 6.45) is 1.89. The molecule has 1 aromatic rings. The second-order valence-electron chi connectivity index (χ2n) is 7.49. The van der Waals surface area contributed by atoms with Gasteiger partial charge in [-0.3, -0.25) is 0 Å². The summed E-state index contributed by atoms with van der Waals surface area (Å²) in [4.78, 5) is 0.212. The van der Waals surface area contributed by atoms with Crippen LogP contribution >= 0.6 is 0 Å². The van der Waals surface area contributed by atoms with Gasteiger partial charge in [0.1, 0.15) is 0 Å². The van der Waals surface area contributed by atoms with E-state index in [0.717, 1.165) is 18.4 Å². The fourth-order valence-electron chi connectivity index (χ4n) is 3.60. The number of nitrogens with zero attached hydrogens (tertiary/aromatic N) is 1. The van der Waals surface area contributed by atoms with Crippen LogP contribution in [0.5, 0.6) is 0 Å². The molecule has 26 heavy (non-hydrogen) atoms. The molecule has 1 aromatic carbocycles. The Hall–Kier alpha value is -0.960. The van der Waals surface area contributed by atoms with Gasteiger partial charge >= 0.3 is 0 Å². The van der Waals surface area contributed by atoms with Crippen molar-refractivity contribution in [3.05, 3.63) is 29.8 Å². The van der Waals surface area contributed by atoms with Crippen LogP contribution in [0.2, 0.25) is 0 Å². The first-order chi connectivity index (χ1) is 12.2. The van der Waals surface area contributed by atoms with Crippen LogP contribution in [0, 0.1) is 0 Å². The van der Waals surface area contributed by atoms with Gasteiger partial charge in [-0.1, -0.05) is 26.0 Å². The number of benzene rings is 1. The molecular weight excluding hydrogens is 374 g/mol. The maximum atomic E-state index is 13.3. The van der Waals surface area contributed by atoms with Gasteiger partial charge in [0.25, 0.3) is 0 Å². The summed E-state index contributed by atoms with van der Waals surface area (Å²) < 4.78 is 57.4. The van der Waals surface area contributed by atoms with Crippen molar-refractivity contribution in [3.63, 3.8) is 0 Å². The number of sulfonamides is 1. The van der Waals surface area contributed by atoms with E-state index in [4.69, 9.17) is 4.74 Å². The van der Waals surface area contributed by atoms with Crippen molar-refractivity contribution in [1.82, 2.24) is 4.31 Å². The molecule has 2 aliphatic heterocycles. The van der Waals surface area contributed by atoms with Crippen molar-refractivity contribution in [3.8, 4) is 0 Å². The Morgan fingerprint density at radius 2 is 1.88 bits per heavy atom. The van der Waals surface area contributed by atoms with Crippen LogP contribution in [0.3, 0.4) is 0 Å². The second-order valence-corrected chi connectivity index (χ2v) is 11.6. The Balaban J connectivity index is 1.90. The van der Waals surface area contributed by atoms with Crippen LogP contribution in [0.4, 0.5) is 0 Å². The quantitative estimate of drug-likeness (QED) is 0.730. The summed E-state index contributed by atoms with van der Waals surface area (Å²) >= 11 is 0. The van der Waals surface area contributed by atoms with Gasteiger partial charge in [-0.05, 0) is 42.9 Å². The van der Waals surface area contributed by atoms with Crippen LogP contribution in [0.1, 0.15) is 44.6 Å². The van der Waals surface area contributed by atoms with E-state index in [-0.39, 0.29) is 29.0 Å². The van der Waals surface area contributed by atoms with Gasteiger partial charge in [-0.25, -0.2) is 16.8 Å². The van der Waals surface area contributed by atoms with E-state index in [1.807, 2.05) is 12.1 Å². The molecule has 0 saturated carbocycles. The Bertz CT molecular complexity index is 825. The summed E-state index contributed by atoms with van der Waals surface area (Å²) in [5.74, 6) is 0.250. The van der Waals surface area contributed by atoms with Crippen LogP contribution in [0.15, 0.2) is 29.2 Å². The molecule has 0 amide bonds. The van der Waals surface area contributed by atoms with Crippen molar-refractivity contribution in [1.29, 1.82) is 0 Å². The van der Waals surface area contributed by atoms with Gasteiger partial charge in [0.15, 0.2) is 9.84 Å². The van der Waals surface area contributed by atoms with Crippen molar-refractivity contribution < 1.29 is 21.6 Å². The molecule has 0 spiro atoms. The topological polar surface area (TPSA) is 80.8 Å². The van der Waals surface area contributed by atoms with Gasteiger partial charge < -0.3 is 4.74 Å². The maximum absolute atomic E-state index is 13.3. The summed E-state index contributed by atoms with van der Waals surface area (Å²) in [5.41, 5.74) is 1.07. The first kappa shape index (κ1) is 19.8. The summed E-state index contributed by atoms with van der Waals surface area (Å²) in [6, 6.07) is 6.38. The van der Waals surface area contributed by atoms with Gasteiger partial charge in [0, 0.05) is 19.2 Å². The highest BCUT2D eigenvalue weighted by atomic mass is 32.2. The van der Waals surface area contributed by atoms with Crippen molar-refractivity contribution in [2.75, 3.05) is 24.7 Å². The molecule has 2 fully saturated rings. The highest BCUT2D eigenvalue weighted by Gasteiger charge is 2.40. The van der Waals surface area contributed by atoms with Crippen molar-refractivity contribution in [2.24, 2.45) is 0 Å². The molecule has 0 unspecified atom stereocenters. The van der Waals surface area contributed by atoms with Crippen LogP contribution in [0.25, 0.3) is 0 Å². The number of ether oxygens (including phenoxy) is 1. The Labute approximate surface area is 156 Å². The standard InChI is InChI=1S/C18H27NO5S2/c1-14(2)15-5-7-18(8-6-15)26(22,23)19(12-17-4-3-10-24-17)16-9-11-25(20,21)13-16/h5-8,14,16-17H,3-4,9-13H2,1-2H3/t16-,17+/m0/s1. The lowest BCUT2D eigenvalue weighted by atomic mass is 10.0. The molecule has 146 valence electrons. The molecule has 0 bridgehead atoms. The molecule has 2 heterocycles. The molecule has 8 heteroatoms. The average molecular weight is 402 g/mol. The van der Waals surface area contributed by atoms with Gasteiger partial charge in [-0.15, -0.1) is 0 Å². The number of hydrogen-bond donors (Lipinski definition) is 0. The number of sulfone groups is 1. The van der Waals surface area contributed by atoms with Crippen molar-refractivity contribution >= 4 is 19.9 Å². The zero-order valence-electron chi connectivity index (χ0n) is 15.3. The average Bonchev–Trinajstić information content (AvgIpc) is 3.21. The highest BCUT2D eigenvalue weighted by molar-refractivity contribution is 7.92.